The van der Waals surface area contributed by atoms with E-state index in [4.69, 9.17) is 0 Å². The van der Waals surface area contributed by atoms with Crippen LogP contribution in [0.25, 0.3) is 92.5 Å². The van der Waals surface area contributed by atoms with Crippen LogP contribution in [0.5, 0.6) is 0 Å². The van der Waals surface area contributed by atoms with E-state index in [2.05, 4.69) is 121 Å². The van der Waals surface area contributed by atoms with Crippen molar-refractivity contribution in [3.63, 3.8) is 0 Å². The molecule has 0 fully saturated rings. The molecule has 0 saturated carbocycles. The molecule has 46 heavy (non-hydrogen) atoms. The molecule has 0 radical (unpaired) electrons. The van der Waals surface area contributed by atoms with E-state index in [0.29, 0.717) is 0 Å². The summed E-state index contributed by atoms with van der Waals surface area (Å²) in [6, 6.07) is 46.0. The van der Waals surface area contributed by atoms with Gasteiger partial charge in [-0.2, -0.15) is 0 Å². The Bertz CT molecular complexity index is 2670. The summed E-state index contributed by atoms with van der Waals surface area (Å²) in [5.74, 6) is 0. The number of thiophene rings is 4. The zero-order valence-electron chi connectivity index (χ0n) is 24.6. The third kappa shape index (κ3) is 3.70. The largest absolute Gasteiger partial charge is 0.134 e. The highest BCUT2D eigenvalue weighted by atomic mass is 32.1. The van der Waals surface area contributed by atoms with Crippen molar-refractivity contribution in [3.05, 3.63) is 132 Å². The lowest BCUT2D eigenvalue weighted by Crippen LogP contribution is -2.04. The average Bonchev–Trinajstić information content (AvgIpc) is 3.85. The van der Waals surface area contributed by atoms with Gasteiger partial charge in [-0.05, 0) is 81.6 Å². The molecule has 0 saturated heterocycles. The minimum atomic E-state index is 1.08. The molecule has 0 spiro atoms. The van der Waals surface area contributed by atoms with Gasteiger partial charge in [0.2, 0.25) is 0 Å². The van der Waals surface area contributed by atoms with Crippen molar-refractivity contribution >= 4 is 104 Å². The third-order valence-electron chi connectivity index (χ3n) is 9.81. The van der Waals surface area contributed by atoms with Crippen LogP contribution in [-0.4, -0.2) is 0 Å². The van der Waals surface area contributed by atoms with Crippen molar-refractivity contribution < 1.29 is 0 Å². The minimum absolute atomic E-state index is 1.08. The van der Waals surface area contributed by atoms with Gasteiger partial charge in [0, 0.05) is 40.3 Å². The van der Waals surface area contributed by atoms with Crippen molar-refractivity contribution in [3.8, 4) is 33.4 Å². The second kappa shape index (κ2) is 9.60. The summed E-state index contributed by atoms with van der Waals surface area (Å²) in [6.45, 7) is 0. The smallest absolute Gasteiger partial charge is 0.0542 e. The molecule has 6 aromatic carbocycles. The first-order chi connectivity index (χ1) is 22.7. The highest BCUT2D eigenvalue weighted by molar-refractivity contribution is 7.37. The number of hydrogen-bond donors (Lipinski definition) is 0. The second-order valence-corrected chi connectivity index (χ2v) is 16.6. The molecule has 0 amide bonds. The number of rotatable bonds is 2. The first-order valence-corrected chi connectivity index (χ1v) is 19.0. The number of hydrogen-bond acceptors (Lipinski definition) is 4. The van der Waals surface area contributed by atoms with Crippen LogP contribution in [0.2, 0.25) is 0 Å². The Kier molecular flexibility index (Phi) is 5.39. The predicted octanol–water partition coefficient (Wildman–Crippen LogP) is 14.0. The Balaban J connectivity index is 0.940. The maximum absolute atomic E-state index is 2.44. The minimum Gasteiger partial charge on any atom is -0.134 e. The summed E-state index contributed by atoms with van der Waals surface area (Å²) in [6.07, 6.45) is 2.16. The van der Waals surface area contributed by atoms with E-state index in [1.807, 2.05) is 45.3 Å². The Morgan fingerprint density at radius 1 is 0.326 bits per heavy atom. The van der Waals surface area contributed by atoms with E-state index in [9.17, 15) is 0 Å². The van der Waals surface area contributed by atoms with E-state index in [1.165, 1.54) is 104 Å². The van der Waals surface area contributed by atoms with Gasteiger partial charge in [0.1, 0.15) is 0 Å². The predicted molar refractivity (Wildman–Crippen MR) is 207 cm³/mol. The molecule has 4 heterocycles. The second-order valence-electron chi connectivity index (χ2n) is 12.4. The van der Waals surface area contributed by atoms with E-state index >= 15 is 0 Å². The molecule has 0 nitrogen and oxygen atoms in total. The average molecular weight is 657 g/mol. The van der Waals surface area contributed by atoms with Gasteiger partial charge in [0.05, 0.1) is 18.8 Å². The van der Waals surface area contributed by atoms with Gasteiger partial charge in [0.15, 0.2) is 0 Å². The standard InChI is InChI=1S/C42H24S4/c1-3-7-35-31(5-1)39-41(43-35)33-17-13-25(21-37(33)45-39)23-11-15-29-27(19-23)9-10-28-20-24(12-16-30(28)29)26-14-18-34-38(22-26)46-40-32-6-2-4-8-36(32)44-42(34)40/h1-8,11-22H,9-10H2. The van der Waals surface area contributed by atoms with Gasteiger partial charge in [-0.15, -0.1) is 45.3 Å². The quantitative estimate of drug-likeness (QED) is 0.174. The summed E-state index contributed by atoms with van der Waals surface area (Å²) >= 11 is 7.73. The molecule has 0 N–H and O–H groups in total. The Morgan fingerprint density at radius 3 is 1.17 bits per heavy atom. The fourth-order valence-electron chi connectivity index (χ4n) is 7.52. The molecule has 0 unspecified atom stereocenters. The molecule has 0 aliphatic heterocycles. The van der Waals surface area contributed by atoms with Crippen molar-refractivity contribution in [1.29, 1.82) is 0 Å². The van der Waals surface area contributed by atoms with Crippen LogP contribution in [0.4, 0.5) is 0 Å². The zero-order valence-corrected chi connectivity index (χ0v) is 27.9. The van der Waals surface area contributed by atoms with E-state index < -0.39 is 0 Å². The molecule has 4 aromatic heterocycles. The van der Waals surface area contributed by atoms with Crippen LogP contribution >= 0.6 is 45.3 Å². The molecule has 1 aliphatic rings. The molecule has 216 valence electrons. The Labute approximate surface area is 281 Å². The third-order valence-corrected chi connectivity index (χ3v) is 14.8. The van der Waals surface area contributed by atoms with Gasteiger partial charge in [-0.25, -0.2) is 0 Å². The van der Waals surface area contributed by atoms with Gasteiger partial charge >= 0.3 is 0 Å². The van der Waals surface area contributed by atoms with Gasteiger partial charge in [-0.3, -0.25) is 0 Å². The number of aryl methyl sites for hydroxylation is 2. The lowest BCUT2D eigenvalue weighted by Gasteiger charge is -2.22. The van der Waals surface area contributed by atoms with Crippen LogP contribution < -0.4 is 0 Å². The summed E-state index contributed by atoms with van der Waals surface area (Å²) in [5, 5.41) is 5.56. The topological polar surface area (TPSA) is 0 Å². The normalized spacial score (nSPS) is 13.0. The molecule has 10 aromatic rings. The van der Waals surface area contributed by atoms with Crippen LogP contribution in [0.3, 0.4) is 0 Å². The van der Waals surface area contributed by atoms with E-state index in [1.54, 1.807) is 0 Å². The molecular weight excluding hydrogens is 633 g/mol. The van der Waals surface area contributed by atoms with Crippen molar-refractivity contribution in [1.82, 2.24) is 0 Å². The summed E-state index contributed by atoms with van der Waals surface area (Å²) in [7, 11) is 0. The van der Waals surface area contributed by atoms with Crippen molar-refractivity contribution in [2.24, 2.45) is 0 Å². The summed E-state index contributed by atoms with van der Waals surface area (Å²) in [4.78, 5) is 0. The monoisotopic (exact) mass is 656 g/mol. The molecular formula is C42H24S4. The fraction of sp³-hybridized carbons (Fsp3) is 0.0476. The van der Waals surface area contributed by atoms with Crippen molar-refractivity contribution in [2.45, 2.75) is 12.8 Å². The van der Waals surface area contributed by atoms with Gasteiger partial charge in [0.25, 0.3) is 0 Å². The maximum atomic E-state index is 2.44. The van der Waals surface area contributed by atoms with E-state index in [0.717, 1.165) is 12.8 Å². The van der Waals surface area contributed by atoms with Crippen molar-refractivity contribution in [2.75, 3.05) is 0 Å². The lowest BCUT2D eigenvalue weighted by atomic mass is 9.83. The summed E-state index contributed by atoms with van der Waals surface area (Å²) in [5.41, 5.74) is 11.0. The lowest BCUT2D eigenvalue weighted by molar-refractivity contribution is 0.943. The van der Waals surface area contributed by atoms with Crippen LogP contribution in [0, 0.1) is 0 Å². The molecule has 1 aliphatic carbocycles. The van der Waals surface area contributed by atoms with Crippen LogP contribution in [-0.2, 0) is 12.8 Å². The van der Waals surface area contributed by atoms with Gasteiger partial charge < -0.3 is 0 Å². The Morgan fingerprint density at radius 2 is 0.696 bits per heavy atom. The highest BCUT2D eigenvalue weighted by Crippen LogP contribution is 2.47. The summed E-state index contributed by atoms with van der Waals surface area (Å²) < 4.78 is 11.2. The SMILES string of the molecule is c1ccc2c(c1)sc1c3ccc(-c4ccc5c(c4)CCc4cc(-c6ccc7c(c6)sc6c8ccccc8sc76)ccc4-5)cc3sc21. The first kappa shape index (κ1) is 25.8. The molecule has 0 atom stereocenters. The van der Waals surface area contributed by atoms with Gasteiger partial charge in [-0.1, -0.05) is 97.1 Å². The molecule has 11 rings (SSSR count). The molecule has 4 heteroatoms. The number of fused-ring (bicyclic) bond motifs is 13. The Hall–Kier alpha value is -4.32. The van der Waals surface area contributed by atoms with Crippen LogP contribution in [0.1, 0.15) is 11.1 Å². The van der Waals surface area contributed by atoms with E-state index in [-0.39, 0.29) is 0 Å². The molecule has 0 bridgehead atoms. The number of benzene rings is 6. The highest BCUT2D eigenvalue weighted by Gasteiger charge is 2.19. The maximum Gasteiger partial charge on any atom is 0.0542 e. The first-order valence-electron chi connectivity index (χ1n) is 15.7. The fourth-order valence-corrected chi connectivity index (χ4v) is 12.9. The van der Waals surface area contributed by atoms with Crippen LogP contribution in [0.15, 0.2) is 121 Å². The zero-order chi connectivity index (χ0) is 29.9.